The van der Waals surface area contributed by atoms with Gasteiger partial charge in [0.15, 0.2) is 5.52 Å². The number of rotatable bonds is 5. The third kappa shape index (κ3) is 3.92. The highest BCUT2D eigenvalue weighted by atomic mass is 16.2. The van der Waals surface area contributed by atoms with Crippen molar-refractivity contribution in [3.05, 3.63) is 92.3 Å². The molecule has 0 saturated heterocycles. The van der Waals surface area contributed by atoms with Crippen molar-refractivity contribution in [1.29, 1.82) is 0 Å². The van der Waals surface area contributed by atoms with Crippen molar-refractivity contribution in [2.75, 3.05) is 0 Å². The van der Waals surface area contributed by atoms with Crippen LogP contribution >= 0.6 is 0 Å². The molecule has 0 unspecified atom stereocenters. The van der Waals surface area contributed by atoms with Gasteiger partial charge in [-0.1, -0.05) is 47.5 Å². The van der Waals surface area contributed by atoms with E-state index in [1.807, 2.05) is 50.2 Å². The highest BCUT2D eigenvalue weighted by Crippen LogP contribution is 2.10. The fourth-order valence-corrected chi connectivity index (χ4v) is 3.47. The standard InChI is InChI=1S/C23H23N5O3/c1-15-4-8-17(9-5-15)12-24-20(29)14-27-19-13-25-26(3)21(19)22(30)28(23(27)31)18-10-6-16(2)7-11-18/h4-11,13H,12,14H2,1-3H3,(H,24,29). The number of hydrogen-bond acceptors (Lipinski definition) is 4. The number of aryl methyl sites for hydroxylation is 3. The topological polar surface area (TPSA) is 90.9 Å². The summed E-state index contributed by atoms with van der Waals surface area (Å²) in [5, 5.41) is 6.96. The van der Waals surface area contributed by atoms with E-state index >= 15 is 0 Å². The van der Waals surface area contributed by atoms with E-state index in [-0.39, 0.29) is 18.0 Å². The Morgan fingerprint density at radius 2 is 1.58 bits per heavy atom. The van der Waals surface area contributed by atoms with Gasteiger partial charge in [-0.25, -0.2) is 9.36 Å². The normalized spacial score (nSPS) is 11.1. The maximum Gasteiger partial charge on any atom is 0.336 e. The van der Waals surface area contributed by atoms with Crippen molar-refractivity contribution in [1.82, 2.24) is 24.2 Å². The van der Waals surface area contributed by atoms with Crippen molar-refractivity contribution in [2.24, 2.45) is 7.05 Å². The molecule has 0 spiro atoms. The predicted octanol–water partition coefficient (Wildman–Crippen LogP) is 1.82. The Labute approximate surface area is 178 Å². The lowest BCUT2D eigenvalue weighted by atomic mass is 10.1. The van der Waals surface area contributed by atoms with Crippen LogP contribution in [0.3, 0.4) is 0 Å². The molecule has 0 fully saturated rings. The first-order valence-corrected chi connectivity index (χ1v) is 9.92. The molecule has 2 heterocycles. The maximum absolute atomic E-state index is 13.3. The van der Waals surface area contributed by atoms with Crippen LogP contribution in [0.1, 0.15) is 16.7 Å². The van der Waals surface area contributed by atoms with Crippen LogP contribution in [-0.4, -0.2) is 24.8 Å². The Morgan fingerprint density at radius 3 is 2.23 bits per heavy atom. The zero-order valence-electron chi connectivity index (χ0n) is 17.6. The molecular formula is C23H23N5O3. The summed E-state index contributed by atoms with van der Waals surface area (Å²) in [6.07, 6.45) is 1.44. The largest absolute Gasteiger partial charge is 0.350 e. The van der Waals surface area contributed by atoms with E-state index in [1.54, 1.807) is 19.2 Å². The number of nitrogens with zero attached hydrogens (tertiary/aromatic N) is 4. The van der Waals surface area contributed by atoms with Crippen molar-refractivity contribution < 1.29 is 4.79 Å². The fraction of sp³-hybridized carbons (Fsp3) is 0.217. The summed E-state index contributed by atoms with van der Waals surface area (Å²) in [6, 6.07) is 14.9. The lowest BCUT2D eigenvalue weighted by Gasteiger charge is -2.13. The van der Waals surface area contributed by atoms with E-state index in [0.717, 1.165) is 21.3 Å². The van der Waals surface area contributed by atoms with Crippen LogP contribution in [0.5, 0.6) is 0 Å². The summed E-state index contributed by atoms with van der Waals surface area (Å²) in [6.45, 7) is 4.05. The number of benzene rings is 2. The molecule has 0 aliphatic carbocycles. The maximum atomic E-state index is 13.3. The summed E-state index contributed by atoms with van der Waals surface area (Å²) in [4.78, 5) is 39.0. The minimum atomic E-state index is -0.583. The van der Waals surface area contributed by atoms with Gasteiger partial charge >= 0.3 is 5.69 Å². The number of aromatic nitrogens is 4. The van der Waals surface area contributed by atoms with Crippen molar-refractivity contribution in [3.63, 3.8) is 0 Å². The Hall–Kier alpha value is -3.94. The van der Waals surface area contributed by atoms with Gasteiger partial charge in [-0.05, 0) is 31.5 Å². The van der Waals surface area contributed by atoms with Crippen LogP contribution in [0.25, 0.3) is 16.7 Å². The molecular weight excluding hydrogens is 394 g/mol. The number of fused-ring (bicyclic) bond motifs is 1. The van der Waals surface area contributed by atoms with Gasteiger partial charge in [-0.3, -0.25) is 18.8 Å². The molecule has 8 nitrogen and oxygen atoms in total. The molecule has 158 valence electrons. The number of hydrogen-bond donors (Lipinski definition) is 1. The van der Waals surface area contributed by atoms with Gasteiger partial charge in [0.1, 0.15) is 6.54 Å². The van der Waals surface area contributed by atoms with Crippen molar-refractivity contribution in [3.8, 4) is 5.69 Å². The molecule has 1 N–H and O–H groups in total. The molecule has 0 aliphatic rings. The van der Waals surface area contributed by atoms with Gasteiger partial charge in [0.2, 0.25) is 5.91 Å². The smallest absolute Gasteiger partial charge is 0.336 e. The monoisotopic (exact) mass is 417 g/mol. The molecule has 0 radical (unpaired) electrons. The Kier molecular flexibility index (Phi) is 5.29. The fourth-order valence-electron chi connectivity index (χ4n) is 3.47. The molecule has 1 amide bonds. The van der Waals surface area contributed by atoms with Gasteiger partial charge in [-0.15, -0.1) is 0 Å². The molecule has 0 saturated carbocycles. The average Bonchev–Trinajstić information content (AvgIpc) is 3.14. The first-order valence-electron chi connectivity index (χ1n) is 9.92. The summed E-state index contributed by atoms with van der Waals surface area (Å²) in [5.74, 6) is -0.332. The Balaban J connectivity index is 1.72. The van der Waals surface area contributed by atoms with Crippen LogP contribution in [0.15, 0.2) is 64.3 Å². The van der Waals surface area contributed by atoms with E-state index < -0.39 is 11.2 Å². The summed E-state index contributed by atoms with van der Waals surface area (Å²) < 4.78 is 3.78. The molecule has 4 aromatic rings. The van der Waals surface area contributed by atoms with Gasteiger partial charge in [0.25, 0.3) is 5.56 Å². The number of amides is 1. The average molecular weight is 417 g/mol. The van der Waals surface area contributed by atoms with Crippen LogP contribution in [0.2, 0.25) is 0 Å². The van der Waals surface area contributed by atoms with Crippen LogP contribution in [0.4, 0.5) is 0 Å². The Bertz CT molecular complexity index is 1380. The first kappa shape index (κ1) is 20.3. The quantitative estimate of drug-likeness (QED) is 0.536. The van der Waals surface area contributed by atoms with Gasteiger partial charge < -0.3 is 5.32 Å². The second-order valence-electron chi connectivity index (χ2n) is 7.61. The number of carbonyl (C=O) groups excluding carboxylic acids is 1. The molecule has 0 aliphatic heterocycles. The number of carbonyl (C=O) groups is 1. The molecule has 2 aromatic carbocycles. The lowest BCUT2D eigenvalue weighted by Crippen LogP contribution is -2.42. The Morgan fingerprint density at radius 1 is 0.968 bits per heavy atom. The van der Waals surface area contributed by atoms with Crippen LogP contribution in [0, 0.1) is 13.8 Å². The van der Waals surface area contributed by atoms with Gasteiger partial charge in [0, 0.05) is 13.6 Å². The molecule has 0 bridgehead atoms. The summed E-state index contributed by atoms with van der Waals surface area (Å²) in [5.41, 5.74) is 3.08. The third-order valence-corrected chi connectivity index (χ3v) is 5.24. The van der Waals surface area contributed by atoms with E-state index in [2.05, 4.69) is 10.4 Å². The second-order valence-corrected chi connectivity index (χ2v) is 7.61. The number of nitrogens with one attached hydrogen (secondary N) is 1. The second kappa shape index (κ2) is 8.06. The van der Waals surface area contributed by atoms with Crippen molar-refractivity contribution in [2.45, 2.75) is 26.9 Å². The minimum absolute atomic E-state index is 0.223. The van der Waals surface area contributed by atoms with Crippen molar-refractivity contribution >= 4 is 16.9 Å². The van der Waals surface area contributed by atoms with Crippen LogP contribution < -0.4 is 16.6 Å². The molecule has 0 atom stereocenters. The molecule has 8 heteroatoms. The first-order chi connectivity index (χ1) is 14.8. The minimum Gasteiger partial charge on any atom is -0.350 e. The highest BCUT2D eigenvalue weighted by molar-refractivity contribution is 5.79. The zero-order chi connectivity index (χ0) is 22.1. The molecule has 31 heavy (non-hydrogen) atoms. The van der Waals surface area contributed by atoms with E-state index in [1.165, 1.54) is 15.4 Å². The summed E-state index contributed by atoms with van der Waals surface area (Å²) >= 11 is 0. The zero-order valence-corrected chi connectivity index (χ0v) is 17.6. The van der Waals surface area contributed by atoms with Gasteiger partial charge in [0.05, 0.1) is 17.4 Å². The SMILES string of the molecule is Cc1ccc(CNC(=O)Cn2c(=O)n(-c3ccc(C)cc3)c(=O)c3c2cnn3C)cc1. The predicted molar refractivity (Wildman–Crippen MR) is 118 cm³/mol. The molecule has 2 aromatic heterocycles. The third-order valence-electron chi connectivity index (χ3n) is 5.24. The molecule has 4 rings (SSSR count). The summed E-state index contributed by atoms with van der Waals surface area (Å²) in [7, 11) is 1.63. The van der Waals surface area contributed by atoms with E-state index in [0.29, 0.717) is 17.7 Å². The van der Waals surface area contributed by atoms with E-state index in [4.69, 9.17) is 0 Å². The van der Waals surface area contributed by atoms with Gasteiger partial charge in [-0.2, -0.15) is 5.10 Å². The van der Waals surface area contributed by atoms with Crippen LogP contribution in [-0.2, 0) is 24.9 Å². The van der Waals surface area contributed by atoms with E-state index in [9.17, 15) is 14.4 Å². The lowest BCUT2D eigenvalue weighted by molar-refractivity contribution is -0.121. The highest BCUT2D eigenvalue weighted by Gasteiger charge is 2.19.